The van der Waals surface area contributed by atoms with Crippen LogP contribution >= 0.6 is 0 Å². The second kappa shape index (κ2) is 7.04. The molecule has 1 saturated heterocycles. The number of carbonyl (C=O) groups is 2. The van der Waals surface area contributed by atoms with Gasteiger partial charge in [0.05, 0.1) is 0 Å². The zero-order chi connectivity index (χ0) is 20.0. The number of hydrogen-bond donors (Lipinski definition) is 3. The third kappa shape index (κ3) is 3.29. The first-order valence-corrected chi connectivity index (χ1v) is 10.0. The number of amides is 2. The van der Waals surface area contributed by atoms with Crippen LogP contribution < -0.4 is 10.6 Å². The highest BCUT2D eigenvalue weighted by Gasteiger charge is 2.24. The Kier molecular flexibility index (Phi) is 4.35. The largest absolute Gasteiger partial charge is 0.349 e. The zero-order valence-electron chi connectivity index (χ0n) is 16.4. The highest BCUT2D eigenvalue weighted by Crippen LogP contribution is 2.31. The number of aromatic amines is 1. The summed E-state index contributed by atoms with van der Waals surface area (Å²) in [5, 5.41) is 6.80. The van der Waals surface area contributed by atoms with Crippen molar-refractivity contribution in [1.82, 2.24) is 24.8 Å². The van der Waals surface area contributed by atoms with Crippen molar-refractivity contribution < 1.29 is 9.59 Å². The Morgan fingerprint density at radius 2 is 2.07 bits per heavy atom. The smallest absolute Gasteiger partial charge is 0.267 e. The van der Waals surface area contributed by atoms with Gasteiger partial charge in [0.15, 0.2) is 0 Å². The van der Waals surface area contributed by atoms with Crippen LogP contribution in [0.3, 0.4) is 0 Å². The van der Waals surface area contributed by atoms with Gasteiger partial charge in [-0.3, -0.25) is 9.59 Å². The van der Waals surface area contributed by atoms with Gasteiger partial charge in [-0.2, -0.15) is 0 Å². The van der Waals surface area contributed by atoms with E-state index in [2.05, 4.69) is 32.5 Å². The Labute approximate surface area is 168 Å². The molecule has 5 heterocycles. The van der Waals surface area contributed by atoms with Crippen molar-refractivity contribution >= 4 is 28.7 Å². The summed E-state index contributed by atoms with van der Waals surface area (Å²) in [6.45, 7) is 3.32. The Morgan fingerprint density at radius 1 is 1.24 bits per heavy atom. The molecule has 8 heteroatoms. The summed E-state index contributed by atoms with van der Waals surface area (Å²) in [5.74, 6) is 0.606. The fraction of sp³-hybridized carbons (Fsp3) is 0.381. The molecule has 8 nitrogen and oxygen atoms in total. The minimum absolute atomic E-state index is 0.0422. The Balaban J connectivity index is 1.38. The zero-order valence-corrected chi connectivity index (χ0v) is 16.4. The summed E-state index contributed by atoms with van der Waals surface area (Å²) >= 11 is 0. The molecule has 0 radical (unpaired) electrons. The summed E-state index contributed by atoms with van der Waals surface area (Å²) in [6.07, 6.45) is 5.67. The van der Waals surface area contributed by atoms with E-state index in [4.69, 9.17) is 0 Å². The monoisotopic (exact) mass is 392 g/mol. The van der Waals surface area contributed by atoms with Crippen LogP contribution in [0.25, 0.3) is 22.2 Å². The molecule has 2 aliphatic rings. The normalized spacial score (nSPS) is 17.9. The molecule has 150 valence electrons. The van der Waals surface area contributed by atoms with Gasteiger partial charge in [-0.15, -0.1) is 0 Å². The molecule has 3 N–H and O–H groups in total. The Bertz CT molecular complexity index is 1090. The number of hydrogen-bond acceptors (Lipinski definition) is 4. The van der Waals surface area contributed by atoms with Crippen molar-refractivity contribution in [1.29, 1.82) is 0 Å². The second-order valence-electron chi connectivity index (χ2n) is 7.93. The lowest BCUT2D eigenvalue weighted by Gasteiger charge is -2.27. The summed E-state index contributed by atoms with van der Waals surface area (Å²) in [6, 6.07) is 5.72. The molecule has 0 aromatic carbocycles. The van der Waals surface area contributed by atoms with E-state index in [0.29, 0.717) is 18.1 Å². The number of carbonyl (C=O) groups excluding carboxylic acids is 2. The van der Waals surface area contributed by atoms with Gasteiger partial charge in [0.1, 0.15) is 17.2 Å². The number of aromatic nitrogens is 3. The van der Waals surface area contributed by atoms with Crippen LogP contribution in [0.15, 0.2) is 30.6 Å². The van der Waals surface area contributed by atoms with Crippen molar-refractivity contribution in [2.75, 3.05) is 32.0 Å². The van der Waals surface area contributed by atoms with Crippen molar-refractivity contribution in [2.24, 2.45) is 5.92 Å². The van der Waals surface area contributed by atoms with Gasteiger partial charge >= 0.3 is 0 Å². The van der Waals surface area contributed by atoms with E-state index >= 15 is 0 Å². The van der Waals surface area contributed by atoms with Gasteiger partial charge < -0.3 is 25.1 Å². The van der Waals surface area contributed by atoms with Crippen LogP contribution in [-0.4, -0.2) is 57.9 Å². The summed E-state index contributed by atoms with van der Waals surface area (Å²) in [4.78, 5) is 34.6. The minimum Gasteiger partial charge on any atom is -0.349 e. The first-order valence-electron chi connectivity index (χ1n) is 10.0. The molecule has 0 bridgehead atoms. The van der Waals surface area contributed by atoms with Gasteiger partial charge in [0, 0.05) is 47.9 Å². The standard InChI is InChI=1S/C21H24N6O2/c1-26-7-4-13(5-8-26)20(28)25-18-3-2-15-16(11-23-19(15)24-18)14-10-17-21(29)22-6-9-27(17)12-14/h2-3,10-13H,4-9H2,1H3,(H,22,29)(H2,23,24,25,28). The molecule has 29 heavy (non-hydrogen) atoms. The molecule has 2 aliphatic heterocycles. The molecule has 0 saturated carbocycles. The van der Waals surface area contributed by atoms with Gasteiger partial charge in [0.2, 0.25) is 5.91 Å². The highest BCUT2D eigenvalue weighted by atomic mass is 16.2. The average molecular weight is 392 g/mol. The van der Waals surface area contributed by atoms with E-state index in [0.717, 1.165) is 54.6 Å². The fourth-order valence-electron chi connectivity index (χ4n) is 4.23. The van der Waals surface area contributed by atoms with Crippen molar-refractivity contribution in [3.05, 3.63) is 36.3 Å². The van der Waals surface area contributed by atoms with Gasteiger partial charge in [-0.25, -0.2) is 4.98 Å². The lowest BCUT2D eigenvalue weighted by molar-refractivity contribution is -0.121. The molecular weight excluding hydrogens is 368 g/mol. The fourth-order valence-corrected chi connectivity index (χ4v) is 4.23. The van der Waals surface area contributed by atoms with E-state index < -0.39 is 0 Å². The quantitative estimate of drug-likeness (QED) is 0.636. The predicted molar refractivity (Wildman–Crippen MR) is 111 cm³/mol. The number of anilines is 1. The Morgan fingerprint density at radius 3 is 2.86 bits per heavy atom. The Hall–Kier alpha value is -3.13. The van der Waals surface area contributed by atoms with E-state index in [9.17, 15) is 9.59 Å². The van der Waals surface area contributed by atoms with E-state index in [1.807, 2.05) is 35.2 Å². The van der Waals surface area contributed by atoms with Crippen LogP contribution in [-0.2, 0) is 11.3 Å². The number of likely N-dealkylation sites (tertiary alicyclic amines) is 1. The summed E-state index contributed by atoms with van der Waals surface area (Å²) < 4.78 is 1.98. The van der Waals surface area contributed by atoms with Crippen molar-refractivity contribution in [2.45, 2.75) is 19.4 Å². The van der Waals surface area contributed by atoms with E-state index in [1.54, 1.807) is 0 Å². The van der Waals surface area contributed by atoms with Crippen molar-refractivity contribution in [3.63, 3.8) is 0 Å². The lowest BCUT2D eigenvalue weighted by atomic mass is 9.96. The van der Waals surface area contributed by atoms with Crippen LogP contribution in [0.5, 0.6) is 0 Å². The predicted octanol–water partition coefficient (Wildman–Crippen LogP) is 2.06. The summed E-state index contributed by atoms with van der Waals surface area (Å²) in [7, 11) is 2.08. The number of pyridine rings is 1. The number of fused-ring (bicyclic) bond motifs is 2. The molecule has 0 spiro atoms. The number of nitrogens with one attached hydrogen (secondary N) is 3. The first kappa shape index (κ1) is 17.9. The maximum Gasteiger partial charge on any atom is 0.267 e. The van der Waals surface area contributed by atoms with Crippen LogP contribution in [0.2, 0.25) is 0 Å². The molecule has 1 fully saturated rings. The molecule has 2 amide bonds. The molecular formula is C21H24N6O2. The second-order valence-corrected chi connectivity index (χ2v) is 7.93. The van der Waals surface area contributed by atoms with Crippen LogP contribution in [0.1, 0.15) is 23.3 Å². The average Bonchev–Trinajstić information content (AvgIpc) is 3.32. The molecule has 0 aliphatic carbocycles. The van der Waals surface area contributed by atoms with Crippen LogP contribution in [0, 0.1) is 5.92 Å². The van der Waals surface area contributed by atoms with Crippen molar-refractivity contribution in [3.8, 4) is 11.1 Å². The molecule has 5 rings (SSSR count). The molecule has 0 atom stereocenters. The molecule has 3 aromatic rings. The lowest BCUT2D eigenvalue weighted by Crippen LogP contribution is -2.36. The highest BCUT2D eigenvalue weighted by molar-refractivity contribution is 5.99. The summed E-state index contributed by atoms with van der Waals surface area (Å²) in [5.41, 5.74) is 3.37. The molecule has 3 aromatic heterocycles. The van der Waals surface area contributed by atoms with E-state index in [1.165, 1.54) is 0 Å². The van der Waals surface area contributed by atoms with Crippen LogP contribution in [0.4, 0.5) is 5.82 Å². The number of H-pyrrole nitrogens is 1. The topological polar surface area (TPSA) is 95.0 Å². The molecule has 0 unspecified atom stereocenters. The number of rotatable bonds is 3. The minimum atomic E-state index is -0.0422. The number of piperidine rings is 1. The maximum atomic E-state index is 12.6. The third-order valence-corrected chi connectivity index (χ3v) is 5.96. The maximum absolute atomic E-state index is 12.6. The van der Waals surface area contributed by atoms with Gasteiger partial charge in [0.25, 0.3) is 5.91 Å². The third-order valence-electron chi connectivity index (χ3n) is 5.96. The SMILES string of the molecule is CN1CCC(C(=O)Nc2ccc3c(-c4cc5n(c4)CCNC5=O)c[nH]c3n2)CC1. The van der Waals surface area contributed by atoms with E-state index in [-0.39, 0.29) is 17.7 Å². The number of nitrogens with zero attached hydrogens (tertiary/aromatic N) is 3. The first-order chi connectivity index (χ1) is 14.1. The van der Waals surface area contributed by atoms with Gasteiger partial charge in [-0.05, 0) is 51.2 Å². The van der Waals surface area contributed by atoms with Gasteiger partial charge in [-0.1, -0.05) is 0 Å².